The first-order valence-corrected chi connectivity index (χ1v) is 6.12. The topological polar surface area (TPSA) is 57.4 Å². The summed E-state index contributed by atoms with van der Waals surface area (Å²) in [5, 5.41) is 0. The zero-order valence-corrected chi connectivity index (χ0v) is 11.7. The van der Waals surface area contributed by atoms with Crippen LogP contribution in [-0.2, 0) is 15.5 Å². The van der Waals surface area contributed by atoms with E-state index in [4.69, 9.17) is 15.0 Å². The van der Waals surface area contributed by atoms with E-state index in [1.807, 2.05) is 0 Å². The maximum atomic E-state index is 13.1. The quantitative estimate of drug-likeness (QED) is 0.803. The number of rotatable bonds is 1. The molecule has 1 aromatic rings. The van der Waals surface area contributed by atoms with Gasteiger partial charge in [0.15, 0.2) is 0 Å². The van der Waals surface area contributed by atoms with Crippen molar-refractivity contribution in [2.75, 3.05) is 5.73 Å². The van der Waals surface area contributed by atoms with Gasteiger partial charge in [-0.3, -0.25) is 0 Å². The highest BCUT2D eigenvalue weighted by molar-refractivity contribution is 6.62. The van der Waals surface area contributed by atoms with E-state index in [0.717, 1.165) is 12.3 Å². The fraction of sp³-hybridized carbons (Fsp3) is 0.583. The molecule has 1 fully saturated rings. The summed E-state index contributed by atoms with van der Waals surface area (Å²) in [6, 6.07) is 0.792. The molecular formula is C12H16BF3N2O2. The van der Waals surface area contributed by atoms with Crippen molar-refractivity contribution in [1.29, 1.82) is 0 Å². The summed E-state index contributed by atoms with van der Waals surface area (Å²) in [7, 11) is -1.12. The second-order valence-electron chi connectivity index (χ2n) is 5.78. The summed E-state index contributed by atoms with van der Waals surface area (Å²) in [5.41, 5.74) is 2.85. The third-order valence-electron chi connectivity index (χ3n) is 3.77. The molecular weight excluding hydrogens is 272 g/mol. The van der Waals surface area contributed by atoms with Crippen molar-refractivity contribution >= 4 is 18.4 Å². The van der Waals surface area contributed by atoms with Crippen molar-refractivity contribution in [2.45, 2.75) is 45.1 Å². The molecule has 0 saturated carbocycles. The van der Waals surface area contributed by atoms with Gasteiger partial charge in [-0.15, -0.1) is 0 Å². The molecule has 2 N–H and O–H groups in total. The molecule has 20 heavy (non-hydrogen) atoms. The Bertz CT molecular complexity index is 516. The van der Waals surface area contributed by atoms with Crippen LogP contribution >= 0.6 is 0 Å². The monoisotopic (exact) mass is 288 g/mol. The van der Waals surface area contributed by atoms with Gasteiger partial charge in [-0.2, -0.15) is 13.2 Å². The van der Waals surface area contributed by atoms with Crippen molar-refractivity contribution in [3.8, 4) is 0 Å². The van der Waals surface area contributed by atoms with Gasteiger partial charge < -0.3 is 15.0 Å². The normalized spacial score (nSPS) is 21.2. The number of nitrogens with two attached hydrogens (primary N) is 1. The lowest BCUT2D eigenvalue weighted by atomic mass is 9.77. The van der Waals surface area contributed by atoms with Crippen LogP contribution in [0, 0.1) is 0 Å². The molecule has 2 rings (SSSR count). The van der Waals surface area contributed by atoms with E-state index in [1.54, 1.807) is 27.7 Å². The summed E-state index contributed by atoms with van der Waals surface area (Å²) in [5.74, 6) is -0.197. The second kappa shape index (κ2) is 4.36. The van der Waals surface area contributed by atoms with Gasteiger partial charge in [0, 0.05) is 11.7 Å². The summed E-state index contributed by atoms with van der Waals surface area (Å²) in [6.07, 6.45) is -3.49. The molecule has 4 nitrogen and oxygen atoms in total. The van der Waals surface area contributed by atoms with Crippen LogP contribution in [0.1, 0.15) is 33.3 Å². The first-order chi connectivity index (χ1) is 8.94. The third kappa shape index (κ3) is 2.49. The lowest BCUT2D eigenvalue weighted by Gasteiger charge is -2.32. The maximum absolute atomic E-state index is 13.1. The van der Waals surface area contributed by atoms with Crippen molar-refractivity contribution in [1.82, 2.24) is 4.98 Å². The Labute approximate surface area is 115 Å². The molecule has 0 radical (unpaired) electrons. The van der Waals surface area contributed by atoms with Crippen molar-refractivity contribution in [2.24, 2.45) is 0 Å². The van der Waals surface area contributed by atoms with Crippen LogP contribution < -0.4 is 11.2 Å². The Kier molecular flexibility index (Phi) is 3.30. The number of aromatic nitrogens is 1. The fourth-order valence-electron chi connectivity index (χ4n) is 1.89. The van der Waals surface area contributed by atoms with Crippen LogP contribution in [0.25, 0.3) is 0 Å². The SMILES string of the molecule is CC1(C)OB(c2cnc(N)cc2C(F)(F)F)OC1(C)C. The van der Waals surface area contributed by atoms with Crippen LogP contribution in [0.5, 0.6) is 0 Å². The van der Waals surface area contributed by atoms with Gasteiger partial charge in [0.05, 0.1) is 16.8 Å². The Morgan fingerprint density at radius 2 is 1.65 bits per heavy atom. The highest BCUT2D eigenvalue weighted by atomic mass is 19.4. The summed E-state index contributed by atoms with van der Waals surface area (Å²) in [4.78, 5) is 3.71. The minimum atomic E-state index is -4.55. The van der Waals surface area contributed by atoms with E-state index in [2.05, 4.69) is 4.98 Å². The van der Waals surface area contributed by atoms with Gasteiger partial charge in [0.2, 0.25) is 0 Å². The fourth-order valence-corrected chi connectivity index (χ4v) is 1.89. The predicted octanol–water partition coefficient (Wildman–Crippen LogP) is 1.98. The Balaban J connectivity index is 2.46. The second-order valence-corrected chi connectivity index (χ2v) is 5.78. The largest absolute Gasteiger partial charge is 0.497 e. The lowest BCUT2D eigenvalue weighted by Crippen LogP contribution is -2.41. The van der Waals surface area contributed by atoms with Gasteiger partial charge >= 0.3 is 13.3 Å². The summed E-state index contributed by atoms with van der Waals surface area (Å²) < 4.78 is 50.5. The first-order valence-electron chi connectivity index (χ1n) is 6.12. The van der Waals surface area contributed by atoms with E-state index < -0.39 is 30.1 Å². The molecule has 0 amide bonds. The Hall–Kier alpha value is -1.28. The number of pyridine rings is 1. The van der Waals surface area contributed by atoms with Crippen LogP contribution in [-0.4, -0.2) is 23.3 Å². The van der Waals surface area contributed by atoms with E-state index >= 15 is 0 Å². The minimum Gasteiger partial charge on any atom is -0.399 e. The number of alkyl halides is 3. The molecule has 0 aromatic carbocycles. The summed E-state index contributed by atoms with van der Waals surface area (Å²) >= 11 is 0. The highest BCUT2D eigenvalue weighted by Crippen LogP contribution is 2.38. The highest BCUT2D eigenvalue weighted by Gasteiger charge is 2.53. The van der Waals surface area contributed by atoms with Crippen molar-refractivity contribution < 1.29 is 22.5 Å². The zero-order chi connectivity index (χ0) is 15.3. The number of hydrogen-bond acceptors (Lipinski definition) is 4. The molecule has 0 aliphatic carbocycles. The van der Waals surface area contributed by atoms with E-state index in [9.17, 15) is 13.2 Å². The molecule has 8 heteroatoms. The molecule has 1 aliphatic rings. The maximum Gasteiger partial charge on any atom is 0.497 e. The number of hydrogen-bond donors (Lipinski definition) is 1. The van der Waals surface area contributed by atoms with Gasteiger partial charge in [0.25, 0.3) is 0 Å². The lowest BCUT2D eigenvalue weighted by molar-refractivity contribution is -0.136. The number of anilines is 1. The molecule has 110 valence electrons. The number of halogens is 3. The molecule has 0 spiro atoms. The smallest absolute Gasteiger partial charge is 0.399 e. The molecule has 1 saturated heterocycles. The van der Waals surface area contributed by atoms with Crippen LogP contribution in [0.15, 0.2) is 12.3 Å². The van der Waals surface area contributed by atoms with Gasteiger partial charge in [0.1, 0.15) is 5.82 Å². The molecule has 0 bridgehead atoms. The molecule has 0 unspecified atom stereocenters. The number of nitrogens with zero attached hydrogens (tertiary/aromatic N) is 1. The third-order valence-corrected chi connectivity index (χ3v) is 3.77. The Morgan fingerprint density at radius 3 is 2.10 bits per heavy atom. The van der Waals surface area contributed by atoms with Crippen molar-refractivity contribution in [3.05, 3.63) is 17.8 Å². The van der Waals surface area contributed by atoms with Gasteiger partial charge in [-0.05, 0) is 33.8 Å². The molecule has 1 aromatic heterocycles. The van der Waals surface area contributed by atoms with E-state index in [0.29, 0.717) is 0 Å². The standard InChI is InChI=1S/C12H16BF3N2O2/c1-10(2)11(3,4)20-13(19-10)8-6-18-9(17)5-7(8)12(14,15)16/h5-6H,1-4H3,(H2,17,18). The predicted molar refractivity (Wildman–Crippen MR) is 69.4 cm³/mol. The zero-order valence-electron chi connectivity index (χ0n) is 11.7. The van der Waals surface area contributed by atoms with Gasteiger partial charge in [-0.25, -0.2) is 4.98 Å². The number of nitrogen functional groups attached to an aromatic ring is 1. The molecule has 2 heterocycles. The molecule has 0 atom stereocenters. The Morgan fingerprint density at radius 1 is 1.15 bits per heavy atom. The summed E-state index contributed by atoms with van der Waals surface area (Å²) in [6.45, 7) is 7.08. The van der Waals surface area contributed by atoms with Gasteiger partial charge in [-0.1, -0.05) is 0 Å². The van der Waals surface area contributed by atoms with Crippen molar-refractivity contribution in [3.63, 3.8) is 0 Å². The molecule has 1 aliphatic heterocycles. The average molecular weight is 288 g/mol. The van der Waals surface area contributed by atoms with E-state index in [1.165, 1.54) is 0 Å². The first kappa shape index (κ1) is 15.1. The van der Waals surface area contributed by atoms with E-state index in [-0.39, 0.29) is 11.3 Å². The van der Waals surface area contributed by atoms with Crippen LogP contribution in [0.2, 0.25) is 0 Å². The van der Waals surface area contributed by atoms with Crippen LogP contribution in [0.4, 0.5) is 19.0 Å². The van der Waals surface area contributed by atoms with Crippen LogP contribution in [0.3, 0.4) is 0 Å². The average Bonchev–Trinajstić information content (AvgIpc) is 2.46. The minimum absolute atomic E-state index is 0.162.